The van der Waals surface area contributed by atoms with Crippen LogP contribution in [0.4, 0.5) is 8.78 Å². The first-order valence-corrected chi connectivity index (χ1v) is 5.92. The highest BCUT2D eigenvalue weighted by atomic mass is 79.9. The van der Waals surface area contributed by atoms with Gasteiger partial charge in [0.15, 0.2) is 5.82 Å². The molecule has 1 atom stereocenters. The molecule has 6 heteroatoms. The zero-order valence-electron chi connectivity index (χ0n) is 8.65. The molecule has 0 N–H and O–H groups in total. The fourth-order valence-corrected chi connectivity index (χ4v) is 2.46. The quantitative estimate of drug-likeness (QED) is 0.810. The highest BCUT2D eigenvalue weighted by Crippen LogP contribution is 2.45. The first kappa shape index (κ1) is 10.8. The van der Waals surface area contributed by atoms with Crippen LogP contribution >= 0.6 is 15.9 Å². The van der Waals surface area contributed by atoms with Crippen molar-refractivity contribution in [2.75, 3.05) is 0 Å². The van der Waals surface area contributed by atoms with E-state index in [4.69, 9.17) is 0 Å². The monoisotopic (exact) mass is 299 g/mol. The van der Waals surface area contributed by atoms with Gasteiger partial charge in [0.25, 0.3) is 0 Å². The molecule has 0 bridgehead atoms. The Balaban J connectivity index is 2.11. The molecule has 3 nitrogen and oxygen atoms in total. The van der Waals surface area contributed by atoms with Crippen molar-refractivity contribution < 1.29 is 8.78 Å². The molecule has 0 saturated heterocycles. The molecule has 0 radical (unpaired) electrons. The van der Waals surface area contributed by atoms with Crippen LogP contribution in [0.25, 0.3) is 0 Å². The summed E-state index contributed by atoms with van der Waals surface area (Å²) in [7, 11) is 0. The summed E-state index contributed by atoms with van der Waals surface area (Å²) in [6.07, 6.45) is -0.278. The molecule has 1 unspecified atom stereocenters. The smallest absolute Gasteiger partial charge is 0.236 e. The van der Waals surface area contributed by atoms with Crippen LogP contribution in [0.2, 0.25) is 0 Å². The Labute approximate surface area is 105 Å². The lowest BCUT2D eigenvalue weighted by molar-refractivity contribution is -0.00886. The standard InChI is InChI=1S/C11H8BrF2N3/c12-10-15-9-11(13,14)6-8(17(9)16-10)7-4-2-1-3-5-7/h1-5,8H,6H2. The lowest BCUT2D eigenvalue weighted by Crippen LogP contribution is -2.09. The molecule has 1 aromatic carbocycles. The van der Waals surface area contributed by atoms with Gasteiger partial charge in [-0.05, 0) is 21.5 Å². The topological polar surface area (TPSA) is 30.7 Å². The van der Waals surface area contributed by atoms with Gasteiger partial charge in [-0.3, -0.25) is 0 Å². The van der Waals surface area contributed by atoms with E-state index in [1.165, 1.54) is 4.68 Å². The Kier molecular flexibility index (Phi) is 2.29. The molecule has 2 aromatic rings. The van der Waals surface area contributed by atoms with Crippen molar-refractivity contribution in [3.63, 3.8) is 0 Å². The summed E-state index contributed by atoms with van der Waals surface area (Å²) in [5.41, 5.74) is 0.823. The van der Waals surface area contributed by atoms with Gasteiger partial charge in [0.05, 0.1) is 6.04 Å². The minimum absolute atomic E-state index is 0.202. The van der Waals surface area contributed by atoms with Gasteiger partial charge in [0.2, 0.25) is 4.73 Å². The molecule has 88 valence electrons. The predicted molar refractivity (Wildman–Crippen MR) is 60.8 cm³/mol. The van der Waals surface area contributed by atoms with E-state index in [1.807, 2.05) is 30.3 Å². The van der Waals surface area contributed by atoms with Crippen molar-refractivity contribution in [1.82, 2.24) is 14.8 Å². The van der Waals surface area contributed by atoms with Crippen LogP contribution in [0.1, 0.15) is 23.9 Å². The van der Waals surface area contributed by atoms with Crippen molar-refractivity contribution >= 4 is 15.9 Å². The zero-order chi connectivity index (χ0) is 12.0. The van der Waals surface area contributed by atoms with E-state index in [0.29, 0.717) is 0 Å². The van der Waals surface area contributed by atoms with Crippen molar-refractivity contribution in [1.29, 1.82) is 0 Å². The van der Waals surface area contributed by atoms with Crippen LogP contribution in [0, 0.1) is 0 Å². The molecular weight excluding hydrogens is 292 g/mol. The number of benzene rings is 1. The molecule has 1 aliphatic rings. The Morgan fingerprint density at radius 3 is 2.71 bits per heavy atom. The second-order valence-corrected chi connectivity index (χ2v) is 4.69. The summed E-state index contributed by atoms with van der Waals surface area (Å²) in [5, 5.41) is 3.99. The summed E-state index contributed by atoms with van der Waals surface area (Å²) >= 11 is 3.03. The van der Waals surface area contributed by atoms with Gasteiger partial charge >= 0.3 is 5.92 Å². The number of hydrogen-bond donors (Lipinski definition) is 0. The minimum atomic E-state index is -2.92. The molecule has 0 amide bonds. The first-order valence-electron chi connectivity index (χ1n) is 5.13. The van der Waals surface area contributed by atoms with E-state index in [-0.39, 0.29) is 17.0 Å². The Morgan fingerprint density at radius 1 is 1.29 bits per heavy atom. The van der Waals surface area contributed by atoms with E-state index in [0.717, 1.165) is 5.56 Å². The van der Waals surface area contributed by atoms with Gasteiger partial charge in [-0.2, -0.15) is 13.8 Å². The third-order valence-corrected chi connectivity index (χ3v) is 3.20. The van der Waals surface area contributed by atoms with Crippen molar-refractivity contribution in [2.45, 2.75) is 18.4 Å². The average molecular weight is 300 g/mol. The van der Waals surface area contributed by atoms with Gasteiger partial charge in [0, 0.05) is 6.42 Å². The summed E-state index contributed by atoms with van der Waals surface area (Å²) in [4.78, 5) is 3.74. The summed E-state index contributed by atoms with van der Waals surface area (Å²) in [6, 6.07) is 8.72. The highest BCUT2D eigenvalue weighted by molar-refractivity contribution is 9.10. The SMILES string of the molecule is FC1(F)CC(c2ccccc2)n2nc(Br)nc21. The molecular formula is C11H8BrF2N3. The summed E-state index contributed by atoms with van der Waals surface area (Å²) < 4.78 is 29.0. The second kappa shape index (κ2) is 3.60. The van der Waals surface area contributed by atoms with Crippen LogP contribution in [0.3, 0.4) is 0 Å². The maximum Gasteiger partial charge on any atom is 0.308 e. The fourth-order valence-electron chi connectivity index (χ4n) is 2.12. The molecule has 17 heavy (non-hydrogen) atoms. The van der Waals surface area contributed by atoms with E-state index in [9.17, 15) is 8.78 Å². The van der Waals surface area contributed by atoms with Crippen LogP contribution in [-0.2, 0) is 5.92 Å². The second-order valence-electron chi connectivity index (χ2n) is 3.98. The van der Waals surface area contributed by atoms with Crippen molar-refractivity contribution in [3.05, 3.63) is 46.5 Å². The van der Waals surface area contributed by atoms with Crippen LogP contribution in [0.15, 0.2) is 35.1 Å². The van der Waals surface area contributed by atoms with E-state index < -0.39 is 12.0 Å². The zero-order valence-corrected chi connectivity index (χ0v) is 10.2. The molecule has 0 fully saturated rings. The lowest BCUT2D eigenvalue weighted by atomic mass is 10.0. The van der Waals surface area contributed by atoms with Gasteiger partial charge in [-0.15, -0.1) is 5.10 Å². The number of alkyl halides is 2. The van der Waals surface area contributed by atoms with E-state index >= 15 is 0 Å². The summed E-state index contributed by atoms with van der Waals surface area (Å²) in [5.74, 6) is -3.18. The number of fused-ring (bicyclic) bond motifs is 1. The number of halogens is 3. The molecule has 1 aromatic heterocycles. The molecule has 0 saturated carbocycles. The minimum Gasteiger partial charge on any atom is -0.236 e. The van der Waals surface area contributed by atoms with Gasteiger partial charge in [-0.1, -0.05) is 30.3 Å². The van der Waals surface area contributed by atoms with Crippen molar-refractivity contribution in [2.24, 2.45) is 0 Å². The largest absolute Gasteiger partial charge is 0.308 e. The van der Waals surface area contributed by atoms with Gasteiger partial charge in [0.1, 0.15) is 0 Å². The fraction of sp³-hybridized carbons (Fsp3) is 0.273. The lowest BCUT2D eigenvalue weighted by Gasteiger charge is -2.11. The number of hydrogen-bond acceptors (Lipinski definition) is 2. The highest BCUT2D eigenvalue weighted by Gasteiger charge is 2.48. The van der Waals surface area contributed by atoms with E-state index in [1.54, 1.807) is 0 Å². The van der Waals surface area contributed by atoms with Crippen LogP contribution in [-0.4, -0.2) is 14.8 Å². The number of nitrogens with zero attached hydrogens (tertiary/aromatic N) is 3. The summed E-state index contributed by atoms with van der Waals surface area (Å²) in [6.45, 7) is 0. The molecule has 2 heterocycles. The average Bonchev–Trinajstić information content (AvgIpc) is 2.79. The number of aromatic nitrogens is 3. The third kappa shape index (κ3) is 1.67. The van der Waals surface area contributed by atoms with Crippen molar-refractivity contribution in [3.8, 4) is 0 Å². The third-order valence-electron chi connectivity index (χ3n) is 2.86. The van der Waals surface area contributed by atoms with Crippen LogP contribution in [0.5, 0.6) is 0 Å². The Morgan fingerprint density at radius 2 is 2.00 bits per heavy atom. The molecule has 1 aliphatic heterocycles. The van der Waals surface area contributed by atoms with Crippen LogP contribution < -0.4 is 0 Å². The van der Waals surface area contributed by atoms with Gasteiger partial charge < -0.3 is 0 Å². The van der Waals surface area contributed by atoms with E-state index in [2.05, 4.69) is 26.0 Å². The maximum absolute atomic E-state index is 13.7. The molecule has 0 spiro atoms. The predicted octanol–water partition coefficient (Wildman–Crippen LogP) is 3.13. The van der Waals surface area contributed by atoms with Gasteiger partial charge in [-0.25, -0.2) is 4.68 Å². The first-order chi connectivity index (χ1) is 8.08. The Bertz CT molecular complexity index is 553. The normalized spacial score (nSPS) is 21.5. The Hall–Kier alpha value is -1.30. The molecule has 0 aliphatic carbocycles. The molecule has 3 rings (SSSR count). The number of rotatable bonds is 1. The maximum atomic E-state index is 13.7.